The largest absolute Gasteiger partial charge is 0.397 e. The van der Waals surface area contributed by atoms with Gasteiger partial charge in [0.25, 0.3) is 5.91 Å². The van der Waals surface area contributed by atoms with Crippen LogP contribution in [0.3, 0.4) is 0 Å². The highest BCUT2D eigenvalue weighted by Gasteiger charge is 2.22. The zero-order valence-electron chi connectivity index (χ0n) is 14.0. The molecule has 0 fully saturated rings. The molecule has 4 nitrogen and oxygen atoms in total. The van der Waals surface area contributed by atoms with Crippen molar-refractivity contribution in [3.8, 4) is 10.6 Å². The zero-order valence-corrected chi connectivity index (χ0v) is 16.5. The maximum atomic E-state index is 12.8. The van der Waals surface area contributed by atoms with E-state index in [1.54, 1.807) is 23.1 Å². The molecule has 4 heterocycles. The minimum Gasteiger partial charge on any atom is -0.397 e. The van der Waals surface area contributed by atoms with Gasteiger partial charge >= 0.3 is 0 Å². The highest BCUT2D eigenvalue weighted by atomic mass is 32.2. The van der Waals surface area contributed by atoms with E-state index in [1.807, 2.05) is 41.8 Å². The lowest BCUT2D eigenvalue weighted by Crippen LogP contribution is -2.01. The van der Waals surface area contributed by atoms with Crippen molar-refractivity contribution < 1.29 is 4.79 Å². The van der Waals surface area contributed by atoms with Crippen LogP contribution in [-0.2, 0) is 6.42 Å². The summed E-state index contributed by atoms with van der Waals surface area (Å²) in [7, 11) is 0. The molecule has 0 saturated heterocycles. The van der Waals surface area contributed by atoms with Gasteiger partial charge in [-0.25, -0.2) is 9.98 Å². The third kappa shape index (κ3) is 2.97. The first-order valence-electron chi connectivity index (χ1n) is 8.29. The van der Waals surface area contributed by atoms with E-state index in [1.165, 1.54) is 16.9 Å². The Morgan fingerprint density at radius 2 is 2.00 bits per heavy atom. The fourth-order valence-electron chi connectivity index (χ4n) is 3.02. The van der Waals surface area contributed by atoms with E-state index in [2.05, 4.69) is 22.1 Å². The molecule has 1 aromatic carbocycles. The van der Waals surface area contributed by atoms with Crippen LogP contribution in [-0.4, -0.2) is 15.9 Å². The van der Waals surface area contributed by atoms with Gasteiger partial charge < -0.3 is 5.73 Å². The molecule has 132 valence electrons. The maximum Gasteiger partial charge on any atom is 0.290 e. The number of thiophene rings is 2. The monoisotopic (exact) mass is 407 g/mol. The fourth-order valence-corrected chi connectivity index (χ4v) is 5.72. The molecule has 1 aliphatic rings. The summed E-state index contributed by atoms with van der Waals surface area (Å²) in [4.78, 5) is 25.3. The number of aliphatic imine (C=N–C) groups is 1. The summed E-state index contributed by atoms with van der Waals surface area (Å²) in [5.74, 6) is -0.288. The first-order valence-corrected chi connectivity index (χ1v) is 10.8. The van der Waals surface area contributed by atoms with E-state index in [-0.39, 0.29) is 5.91 Å². The third-order valence-corrected chi connectivity index (χ3v) is 7.41. The van der Waals surface area contributed by atoms with Crippen LogP contribution in [0.5, 0.6) is 0 Å². The molecule has 1 aliphatic heterocycles. The quantitative estimate of drug-likeness (QED) is 0.477. The molecule has 0 aliphatic carbocycles. The van der Waals surface area contributed by atoms with E-state index in [4.69, 9.17) is 5.73 Å². The molecule has 5 rings (SSSR count). The molecule has 0 unspecified atom stereocenters. The standard InChI is InChI=1S/C20H13N3OS3/c21-17-12-7-8-13(15-6-3-9-25-15)22-20(12)27-18(17)19(24)23-16-10-11-4-1-2-5-14(11)26-16/h1-9H,10,21H2. The number of hydrogen-bond acceptors (Lipinski definition) is 6. The van der Waals surface area contributed by atoms with Crippen molar-refractivity contribution in [2.24, 2.45) is 4.99 Å². The summed E-state index contributed by atoms with van der Waals surface area (Å²) in [6.07, 6.45) is 0.693. The van der Waals surface area contributed by atoms with Crippen molar-refractivity contribution in [3.63, 3.8) is 0 Å². The second-order valence-corrected chi connectivity index (χ2v) is 9.13. The van der Waals surface area contributed by atoms with Gasteiger partial charge in [0.15, 0.2) is 0 Å². The predicted molar refractivity (Wildman–Crippen MR) is 115 cm³/mol. The van der Waals surface area contributed by atoms with Crippen LogP contribution in [0.15, 0.2) is 63.8 Å². The van der Waals surface area contributed by atoms with Crippen molar-refractivity contribution in [1.82, 2.24) is 4.98 Å². The van der Waals surface area contributed by atoms with Crippen molar-refractivity contribution in [3.05, 3.63) is 64.4 Å². The lowest BCUT2D eigenvalue weighted by Gasteiger charge is -1.97. The number of carbonyl (C=O) groups is 1. The number of hydrogen-bond donors (Lipinski definition) is 1. The predicted octanol–water partition coefficient (Wildman–Crippen LogP) is 5.49. The number of nitrogens with two attached hydrogens (primary N) is 1. The van der Waals surface area contributed by atoms with Gasteiger partial charge in [0, 0.05) is 16.7 Å². The van der Waals surface area contributed by atoms with Crippen molar-refractivity contribution in [2.45, 2.75) is 11.3 Å². The average Bonchev–Trinajstić information content (AvgIpc) is 3.39. The summed E-state index contributed by atoms with van der Waals surface area (Å²) in [6.45, 7) is 0. The summed E-state index contributed by atoms with van der Waals surface area (Å²) in [6, 6.07) is 16.0. The molecule has 0 spiro atoms. The van der Waals surface area contributed by atoms with Gasteiger partial charge in [0.2, 0.25) is 0 Å². The first kappa shape index (κ1) is 16.7. The molecular weight excluding hydrogens is 394 g/mol. The highest BCUT2D eigenvalue weighted by Crippen LogP contribution is 2.37. The number of pyridine rings is 1. The van der Waals surface area contributed by atoms with Crippen LogP contribution in [0.1, 0.15) is 15.2 Å². The molecule has 3 aromatic heterocycles. The molecule has 4 aromatic rings. The van der Waals surface area contributed by atoms with Gasteiger partial charge in [-0.05, 0) is 35.2 Å². The zero-order chi connectivity index (χ0) is 18.4. The Balaban J connectivity index is 1.49. The van der Waals surface area contributed by atoms with E-state index >= 15 is 0 Å². The van der Waals surface area contributed by atoms with Gasteiger partial charge in [0.05, 0.1) is 21.3 Å². The first-order chi connectivity index (χ1) is 13.2. The number of fused-ring (bicyclic) bond motifs is 2. The SMILES string of the molecule is Nc1c(C(=O)N=C2Cc3ccccc3S2)sc2nc(-c3cccs3)ccc12. The maximum absolute atomic E-state index is 12.8. The van der Waals surface area contributed by atoms with Crippen molar-refractivity contribution in [2.75, 3.05) is 5.73 Å². The molecular formula is C20H13N3OS3. The fraction of sp³-hybridized carbons (Fsp3) is 0.0500. The van der Waals surface area contributed by atoms with E-state index < -0.39 is 0 Å². The average molecular weight is 408 g/mol. The van der Waals surface area contributed by atoms with Gasteiger partial charge in [0.1, 0.15) is 9.71 Å². The van der Waals surface area contributed by atoms with Crippen LogP contribution in [0.4, 0.5) is 5.69 Å². The van der Waals surface area contributed by atoms with E-state index in [9.17, 15) is 4.79 Å². The van der Waals surface area contributed by atoms with Crippen molar-refractivity contribution in [1.29, 1.82) is 0 Å². The van der Waals surface area contributed by atoms with E-state index in [0.717, 1.165) is 30.7 Å². The number of nitrogens with zero attached hydrogens (tertiary/aromatic N) is 2. The molecule has 1 amide bonds. The molecule has 0 saturated carbocycles. The van der Waals surface area contributed by atoms with Gasteiger partial charge in [-0.1, -0.05) is 36.0 Å². The van der Waals surface area contributed by atoms with Crippen LogP contribution in [0.25, 0.3) is 20.8 Å². The van der Waals surface area contributed by atoms with Crippen LogP contribution >= 0.6 is 34.4 Å². The smallest absolute Gasteiger partial charge is 0.290 e. The second-order valence-electron chi connectivity index (χ2n) is 6.07. The Kier molecular flexibility index (Phi) is 4.07. The van der Waals surface area contributed by atoms with Crippen molar-refractivity contribution >= 4 is 61.3 Å². The summed E-state index contributed by atoms with van der Waals surface area (Å²) >= 11 is 4.50. The number of carbonyl (C=O) groups excluding carboxylic acids is 1. The number of rotatable bonds is 2. The normalized spacial score (nSPS) is 14.7. The third-order valence-electron chi connectivity index (χ3n) is 4.33. The highest BCUT2D eigenvalue weighted by molar-refractivity contribution is 8.14. The Bertz CT molecular complexity index is 1180. The summed E-state index contributed by atoms with van der Waals surface area (Å²) in [5.41, 5.74) is 8.81. The number of anilines is 1. The van der Waals surface area contributed by atoms with Crippen LogP contribution in [0, 0.1) is 0 Å². The molecule has 7 heteroatoms. The topological polar surface area (TPSA) is 68.3 Å². The summed E-state index contributed by atoms with van der Waals surface area (Å²) < 4.78 is 0. The lowest BCUT2D eigenvalue weighted by molar-refractivity contribution is 0.101. The molecule has 0 bridgehead atoms. The Morgan fingerprint density at radius 3 is 2.81 bits per heavy atom. The minimum atomic E-state index is -0.288. The van der Waals surface area contributed by atoms with Gasteiger partial charge in [-0.2, -0.15) is 0 Å². The second kappa shape index (κ2) is 6.60. The number of nitrogen functional groups attached to an aromatic ring is 1. The van der Waals surface area contributed by atoms with Gasteiger partial charge in [-0.15, -0.1) is 22.7 Å². The Hall–Kier alpha value is -2.48. The van der Waals surface area contributed by atoms with Gasteiger partial charge in [-0.3, -0.25) is 4.79 Å². The molecule has 0 radical (unpaired) electrons. The number of amides is 1. The molecule has 2 N–H and O–H groups in total. The summed E-state index contributed by atoms with van der Waals surface area (Å²) in [5, 5.41) is 3.64. The number of benzene rings is 1. The van der Waals surface area contributed by atoms with E-state index in [0.29, 0.717) is 17.0 Å². The Morgan fingerprint density at radius 1 is 1.11 bits per heavy atom. The van der Waals surface area contributed by atoms with Crippen LogP contribution < -0.4 is 5.73 Å². The number of aromatic nitrogens is 1. The van der Waals surface area contributed by atoms with Crippen LogP contribution in [0.2, 0.25) is 0 Å². The molecule has 0 atom stereocenters. The lowest BCUT2D eigenvalue weighted by atomic mass is 10.2. The molecule has 27 heavy (non-hydrogen) atoms. The Labute approximate surface area is 167 Å². The number of thioether (sulfide) groups is 1. The minimum absolute atomic E-state index is 0.288.